The van der Waals surface area contributed by atoms with E-state index in [2.05, 4.69) is 35.3 Å². The lowest BCUT2D eigenvalue weighted by molar-refractivity contribution is 0.0955. The van der Waals surface area contributed by atoms with E-state index in [9.17, 15) is 4.79 Å². The standard InChI is InChI=1S/C17H20N4OS/c1-11(2)21-16-15(10-19-21)14(9-12(3)20-16)17(22)18-7-6-13-5-4-8-23-13/h4-5,8-11H,6-7H2,1-3H3,(H,18,22). The molecule has 120 valence electrons. The van der Waals surface area contributed by atoms with Crippen LogP contribution in [0.25, 0.3) is 11.0 Å². The van der Waals surface area contributed by atoms with Crippen molar-refractivity contribution in [3.8, 4) is 0 Å². The Morgan fingerprint density at radius 3 is 2.96 bits per heavy atom. The molecule has 3 rings (SSSR count). The smallest absolute Gasteiger partial charge is 0.252 e. The Balaban J connectivity index is 1.82. The third kappa shape index (κ3) is 3.27. The Kier molecular flexibility index (Phi) is 4.43. The SMILES string of the molecule is Cc1cc(C(=O)NCCc2cccs2)c2cnn(C(C)C)c2n1. The summed E-state index contributed by atoms with van der Waals surface area (Å²) >= 11 is 1.71. The van der Waals surface area contributed by atoms with Gasteiger partial charge in [-0.1, -0.05) is 6.07 Å². The zero-order valence-corrected chi connectivity index (χ0v) is 14.4. The van der Waals surface area contributed by atoms with Crippen LogP contribution in [0.4, 0.5) is 0 Å². The maximum atomic E-state index is 12.5. The summed E-state index contributed by atoms with van der Waals surface area (Å²) in [6, 6.07) is 6.14. The van der Waals surface area contributed by atoms with Crippen LogP contribution in [0.15, 0.2) is 29.8 Å². The Morgan fingerprint density at radius 2 is 2.26 bits per heavy atom. The molecule has 0 saturated heterocycles. The molecule has 3 aromatic rings. The number of aryl methyl sites for hydroxylation is 1. The summed E-state index contributed by atoms with van der Waals surface area (Å²) in [7, 11) is 0. The van der Waals surface area contributed by atoms with Gasteiger partial charge in [-0.2, -0.15) is 5.10 Å². The summed E-state index contributed by atoms with van der Waals surface area (Å²) in [5.41, 5.74) is 2.23. The largest absolute Gasteiger partial charge is 0.352 e. The van der Waals surface area contributed by atoms with Crippen LogP contribution in [0.5, 0.6) is 0 Å². The molecule has 0 atom stereocenters. The van der Waals surface area contributed by atoms with Crippen LogP contribution in [-0.4, -0.2) is 27.2 Å². The van der Waals surface area contributed by atoms with Gasteiger partial charge in [-0.15, -0.1) is 11.3 Å². The van der Waals surface area contributed by atoms with Gasteiger partial charge < -0.3 is 5.32 Å². The van der Waals surface area contributed by atoms with Gasteiger partial charge in [0.05, 0.1) is 17.1 Å². The molecule has 0 radical (unpaired) electrons. The van der Waals surface area contributed by atoms with E-state index in [0.29, 0.717) is 12.1 Å². The molecular weight excluding hydrogens is 308 g/mol. The lowest BCUT2D eigenvalue weighted by Gasteiger charge is -2.09. The monoisotopic (exact) mass is 328 g/mol. The Hall–Kier alpha value is -2.21. The van der Waals surface area contributed by atoms with Crippen molar-refractivity contribution in [3.63, 3.8) is 0 Å². The summed E-state index contributed by atoms with van der Waals surface area (Å²) in [6.07, 6.45) is 2.58. The van der Waals surface area contributed by atoms with E-state index in [1.807, 2.05) is 29.1 Å². The molecule has 0 aromatic carbocycles. The van der Waals surface area contributed by atoms with Crippen molar-refractivity contribution in [2.45, 2.75) is 33.2 Å². The number of hydrogen-bond donors (Lipinski definition) is 1. The second-order valence-electron chi connectivity index (χ2n) is 5.82. The van der Waals surface area contributed by atoms with E-state index < -0.39 is 0 Å². The minimum atomic E-state index is -0.0691. The van der Waals surface area contributed by atoms with Crippen LogP contribution >= 0.6 is 11.3 Å². The van der Waals surface area contributed by atoms with Crippen molar-refractivity contribution in [1.82, 2.24) is 20.1 Å². The van der Waals surface area contributed by atoms with Gasteiger partial charge in [-0.25, -0.2) is 9.67 Å². The van der Waals surface area contributed by atoms with Crippen LogP contribution in [0.3, 0.4) is 0 Å². The number of thiophene rings is 1. The summed E-state index contributed by atoms with van der Waals surface area (Å²) < 4.78 is 1.85. The fourth-order valence-electron chi connectivity index (χ4n) is 2.56. The Bertz CT molecular complexity index is 821. The number of aromatic nitrogens is 3. The van der Waals surface area contributed by atoms with Gasteiger partial charge in [0.2, 0.25) is 0 Å². The molecule has 3 aromatic heterocycles. The van der Waals surface area contributed by atoms with Crippen molar-refractivity contribution in [2.24, 2.45) is 0 Å². The molecule has 6 heteroatoms. The summed E-state index contributed by atoms with van der Waals surface area (Å²) in [6.45, 7) is 6.63. The molecular formula is C17H20N4OS. The molecule has 0 aliphatic rings. The van der Waals surface area contributed by atoms with Gasteiger partial charge in [0, 0.05) is 23.2 Å². The average molecular weight is 328 g/mol. The highest BCUT2D eigenvalue weighted by Crippen LogP contribution is 2.21. The van der Waals surface area contributed by atoms with E-state index in [-0.39, 0.29) is 11.9 Å². The maximum absolute atomic E-state index is 12.5. The fraction of sp³-hybridized carbons (Fsp3) is 0.353. The highest BCUT2D eigenvalue weighted by molar-refractivity contribution is 7.09. The van der Waals surface area contributed by atoms with Crippen molar-refractivity contribution < 1.29 is 4.79 Å². The molecule has 0 saturated carbocycles. The van der Waals surface area contributed by atoms with Crippen LogP contribution < -0.4 is 5.32 Å². The highest BCUT2D eigenvalue weighted by atomic mass is 32.1. The number of nitrogens with zero attached hydrogens (tertiary/aromatic N) is 3. The van der Waals surface area contributed by atoms with E-state index in [0.717, 1.165) is 23.1 Å². The van der Waals surface area contributed by atoms with Gasteiger partial charge in [0.25, 0.3) is 5.91 Å². The molecule has 0 aliphatic carbocycles. The predicted molar refractivity (Wildman–Crippen MR) is 93.0 cm³/mol. The van der Waals surface area contributed by atoms with Gasteiger partial charge in [-0.3, -0.25) is 4.79 Å². The van der Waals surface area contributed by atoms with Crippen LogP contribution in [0, 0.1) is 6.92 Å². The molecule has 5 nitrogen and oxygen atoms in total. The summed E-state index contributed by atoms with van der Waals surface area (Å²) in [4.78, 5) is 18.4. The van der Waals surface area contributed by atoms with E-state index in [4.69, 9.17) is 0 Å². The molecule has 0 bridgehead atoms. The number of nitrogens with one attached hydrogen (secondary N) is 1. The number of fused-ring (bicyclic) bond motifs is 1. The van der Waals surface area contributed by atoms with Gasteiger partial charge >= 0.3 is 0 Å². The summed E-state index contributed by atoms with van der Waals surface area (Å²) in [5.74, 6) is -0.0691. The summed E-state index contributed by atoms with van der Waals surface area (Å²) in [5, 5.41) is 10.2. The third-order valence-corrected chi connectivity index (χ3v) is 4.60. The third-order valence-electron chi connectivity index (χ3n) is 3.67. The molecule has 0 aliphatic heterocycles. The minimum Gasteiger partial charge on any atom is -0.352 e. The number of hydrogen-bond acceptors (Lipinski definition) is 4. The van der Waals surface area contributed by atoms with E-state index in [1.165, 1.54) is 4.88 Å². The minimum absolute atomic E-state index is 0.0691. The van der Waals surface area contributed by atoms with Crippen LogP contribution in [0.2, 0.25) is 0 Å². The first-order valence-corrected chi connectivity index (χ1v) is 8.59. The molecule has 23 heavy (non-hydrogen) atoms. The van der Waals surface area contributed by atoms with Crippen LogP contribution in [0.1, 0.15) is 40.8 Å². The first-order chi connectivity index (χ1) is 11.1. The zero-order valence-electron chi connectivity index (χ0n) is 13.5. The predicted octanol–water partition coefficient (Wildman–Crippen LogP) is 3.35. The highest BCUT2D eigenvalue weighted by Gasteiger charge is 2.16. The Labute approximate surface area is 139 Å². The quantitative estimate of drug-likeness (QED) is 0.781. The van der Waals surface area contributed by atoms with E-state index >= 15 is 0 Å². The molecule has 1 N–H and O–H groups in total. The fourth-order valence-corrected chi connectivity index (χ4v) is 3.27. The van der Waals surface area contributed by atoms with Crippen molar-refractivity contribution >= 4 is 28.3 Å². The molecule has 0 spiro atoms. The topological polar surface area (TPSA) is 59.8 Å². The molecule has 0 unspecified atom stereocenters. The molecule has 0 fully saturated rings. The zero-order chi connectivity index (χ0) is 16.4. The van der Waals surface area contributed by atoms with Gasteiger partial charge in [-0.05, 0) is 44.7 Å². The Morgan fingerprint density at radius 1 is 1.43 bits per heavy atom. The number of amides is 1. The second kappa shape index (κ2) is 6.50. The molecule has 1 amide bonds. The number of pyridine rings is 1. The maximum Gasteiger partial charge on any atom is 0.252 e. The normalized spacial score (nSPS) is 11.3. The first-order valence-electron chi connectivity index (χ1n) is 7.71. The lowest BCUT2D eigenvalue weighted by Crippen LogP contribution is -2.26. The first kappa shape index (κ1) is 15.7. The van der Waals surface area contributed by atoms with Crippen molar-refractivity contribution in [3.05, 3.63) is 45.9 Å². The number of rotatable bonds is 5. The lowest BCUT2D eigenvalue weighted by atomic mass is 10.1. The van der Waals surface area contributed by atoms with Crippen molar-refractivity contribution in [2.75, 3.05) is 6.54 Å². The number of carbonyl (C=O) groups excluding carboxylic acids is 1. The molecule has 3 heterocycles. The average Bonchev–Trinajstić information content (AvgIpc) is 3.15. The van der Waals surface area contributed by atoms with E-state index in [1.54, 1.807) is 17.5 Å². The van der Waals surface area contributed by atoms with Crippen molar-refractivity contribution in [1.29, 1.82) is 0 Å². The second-order valence-corrected chi connectivity index (χ2v) is 6.85. The van der Waals surface area contributed by atoms with Crippen LogP contribution in [-0.2, 0) is 6.42 Å². The number of carbonyl (C=O) groups is 1. The van der Waals surface area contributed by atoms with Gasteiger partial charge in [0.1, 0.15) is 0 Å². The van der Waals surface area contributed by atoms with Gasteiger partial charge in [0.15, 0.2) is 5.65 Å².